The normalized spacial score (nSPS) is 12.2. The van der Waals surface area contributed by atoms with Gasteiger partial charge in [-0.05, 0) is 76.1 Å². The van der Waals surface area contributed by atoms with Crippen LogP contribution in [-0.2, 0) is 26.2 Å². The van der Waals surface area contributed by atoms with Crippen LogP contribution in [0.15, 0.2) is 82.2 Å². The molecule has 9 heteroatoms. The number of carbonyl (C=O) groups is 2. The summed E-state index contributed by atoms with van der Waals surface area (Å²) in [6.07, 6.45) is 0. The van der Waals surface area contributed by atoms with E-state index in [9.17, 15) is 18.0 Å². The molecule has 3 aromatic carbocycles. The van der Waals surface area contributed by atoms with Crippen molar-refractivity contribution in [3.8, 4) is 0 Å². The summed E-state index contributed by atoms with van der Waals surface area (Å²) in [5, 5.41) is 2.86. The highest BCUT2D eigenvalue weighted by Gasteiger charge is 2.33. The number of benzene rings is 3. The topological polar surface area (TPSA) is 86.8 Å². The predicted molar refractivity (Wildman–Crippen MR) is 154 cm³/mol. The minimum Gasteiger partial charge on any atom is -0.352 e. The molecule has 0 bridgehead atoms. The molecule has 0 heterocycles. The van der Waals surface area contributed by atoms with Crippen LogP contribution in [0.2, 0.25) is 0 Å². The maximum atomic E-state index is 13.9. The van der Waals surface area contributed by atoms with Crippen molar-refractivity contribution in [2.75, 3.05) is 10.8 Å². The van der Waals surface area contributed by atoms with Crippen molar-refractivity contribution in [2.24, 2.45) is 0 Å². The first-order valence-electron chi connectivity index (χ1n) is 12.4. The maximum Gasteiger partial charge on any atom is 0.264 e. The minimum absolute atomic E-state index is 0.0872. The molecular formula is C29H34BrN3O4S. The van der Waals surface area contributed by atoms with E-state index < -0.39 is 28.5 Å². The zero-order valence-corrected chi connectivity index (χ0v) is 24.7. The fourth-order valence-electron chi connectivity index (χ4n) is 3.97. The Balaban J connectivity index is 2.04. The smallest absolute Gasteiger partial charge is 0.264 e. The second-order valence-corrected chi connectivity index (χ2v) is 12.4. The molecular weight excluding hydrogens is 566 g/mol. The quantitative estimate of drug-likeness (QED) is 0.347. The number of para-hydroxylation sites is 1. The molecule has 0 saturated heterocycles. The average Bonchev–Trinajstić information content (AvgIpc) is 2.86. The van der Waals surface area contributed by atoms with Crippen LogP contribution in [0.25, 0.3) is 0 Å². The zero-order chi connectivity index (χ0) is 28.0. The minimum atomic E-state index is -4.09. The number of rotatable bonds is 10. The van der Waals surface area contributed by atoms with Crippen LogP contribution in [0.4, 0.5) is 5.69 Å². The third-order valence-corrected chi connectivity index (χ3v) is 8.44. The summed E-state index contributed by atoms with van der Waals surface area (Å²) in [6, 6.07) is 20.1. The number of aryl methyl sites for hydroxylation is 2. The molecule has 0 radical (unpaired) electrons. The first-order valence-corrected chi connectivity index (χ1v) is 14.6. The van der Waals surface area contributed by atoms with Gasteiger partial charge in [-0.25, -0.2) is 8.42 Å². The molecule has 1 atom stereocenters. The van der Waals surface area contributed by atoms with E-state index in [0.29, 0.717) is 11.3 Å². The Morgan fingerprint density at radius 2 is 1.50 bits per heavy atom. The van der Waals surface area contributed by atoms with Gasteiger partial charge in [0.1, 0.15) is 12.6 Å². The molecule has 2 amide bonds. The Morgan fingerprint density at radius 1 is 0.895 bits per heavy atom. The number of sulfonamides is 1. The van der Waals surface area contributed by atoms with Gasteiger partial charge in [0.25, 0.3) is 10.0 Å². The predicted octanol–water partition coefficient (Wildman–Crippen LogP) is 5.20. The number of nitrogens with one attached hydrogen (secondary N) is 1. The molecule has 1 unspecified atom stereocenters. The van der Waals surface area contributed by atoms with Gasteiger partial charge < -0.3 is 10.2 Å². The molecule has 0 aromatic heterocycles. The lowest BCUT2D eigenvalue weighted by Crippen LogP contribution is -2.52. The number of hydrogen-bond acceptors (Lipinski definition) is 4. The number of carbonyl (C=O) groups excluding carboxylic acids is 2. The van der Waals surface area contributed by atoms with Gasteiger partial charge in [0.05, 0.1) is 10.6 Å². The summed E-state index contributed by atoms with van der Waals surface area (Å²) in [7, 11) is -4.09. The van der Waals surface area contributed by atoms with Crippen LogP contribution in [0.1, 0.15) is 37.5 Å². The highest BCUT2D eigenvalue weighted by atomic mass is 79.9. The Labute approximate surface area is 234 Å². The van der Waals surface area contributed by atoms with Gasteiger partial charge in [0, 0.05) is 17.1 Å². The lowest BCUT2D eigenvalue weighted by atomic mass is 10.1. The van der Waals surface area contributed by atoms with Crippen molar-refractivity contribution >= 4 is 43.5 Å². The van der Waals surface area contributed by atoms with Crippen LogP contribution in [0, 0.1) is 13.8 Å². The molecule has 0 aliphatic heterocycles. The number of anilines is 1. The summed E-state index contributed by atoms with van der Waals surface area (Å²) in [5.74, 6) is -0.799. The highest BCUT2D eigenvalue weighted by molar-refractivity contribution is 9.10. The van der Waals surface area contributed by atoms with E-state index in [2.05, 4.69) is 21.2 Å². The molecule has 0 spiro atoms. The average molecular weight is 601 g/mol. The number of nitrogens with zero attached hydrogens (tertiary/aromatic N) is 2. The van der Waals surface area contributed by atoms with E-state index in [0.717, 1.165) is 19.9 Å². The van der Waals surface area contributed by atoms with Crippen molar-refractivity contribution in [1.29, 1.82) is 0 Å². The van der Waals surface area contributed by atoms with E-state index in [1.807, 2.05) is 51.1 Å². The van der Waals surface area contributed by atoms with Gasteiger partial charge in [-0.15, -0.1) is 0 Å². The standard InChI is InChI=1S/C29H34BrN3O4S/c1-20(2)31-29(35)23(5)32(18-24-12-14-25(30)15-13-24)28(34)19-33(27-9-7-6-8-22(27)4)38(36,37)26-16-10-21(3)11-17-26/h6-17,20,23H,18-19H2,1-5H3,(H,31,35). The second-order valence-electron chi connectivity index (χ2n) is 9.60. The number of halogens is 1. The van der Waals surface area contributed by atoms with Gasteiger partial charge in [-0.1, -0.05) is 64.0 Å². The SMILES string of the molecule is Cc1ccc(S(=O)(=O)N(CC(=O)N(Cc2ccc(Br)cc2)C(C)C(=O)NC(C)C)c2ccccc2C)cc1. The van der Waals surface area contributed by atoms with Crippen molar-refractivity contribution < 1.29 is 18.0 Å². The molecule has 1 N–H and O–H groups in total. The molecule has 0 saturated carbocycles. The number of amides is 2. The Bertz CT molecular complexity index is 1370. The third kappa shape index (κ3) is 7.23. The fourth-order valence-corrected chi connectivity index (χ4v) is 5.71. The molecule has 202 valence electrons. The van der Waals surface area contributed by atoms with Gasteiger partial charge in [-0.2, -0.15) is 0 Å². The molecule has 0 fully saturated rings. The summed E-state index contributed by atoms with van der Waals surface area (Å²) in [4.78, 5) is 28.4. The monoisotopic (exact) mass is 599 g/mol. The highest BCUT2D eigenvalue weighted by Crippen LogP contribution is 2.27. The van der Waals surface area contributed by atoms with Gasteiger partial charge in [0.2, 0.25) is 11.8 Å². The molecule has 7 nitrogen and oxygen atoms in total. The van der Waals surface area contributed by atoms with Gasteiger partial charge in [-0.3, -0.25) is 13.9 Å². The molecule has 0 aliphatic rings. The van der Waals surface area contributed by atoms with Crippen molar-refractivity contribution in [3.63, 3.8) is 0 Å². The second kappa shape index (κ2) is 12.6. The van der Waals surface area contributed by atoms with E-state index in [1.165, 1.54) is 4.90 Å². The first kappa shape index (κ1) is 29.4. The van der Waals surface area contributed by atoms with Crippen LogP contribution >= 0.6 is 15.9 Å². The molecule has 3 rings (SSSR count). The Hall–Kier alpha value is -3.17. The van der Waals surface area contributed by atoms with E-state index in [-0.39, 0.29) is 23.4 Å². The van der Waals surface area contributed by atoms with Crippen LogP contribution in [0.3, 0.4) is 0 Å². The van der Waals surface area contributed by atoms with E-state index in [4.69, 9.17) is 0 Å². The van der Waals surface area contributed by atoms with E-state index >= 15 is 0 Å². The maximum absolute atomic E-state index is 13.9. The third-order valence-electron chi connectivity index (χ3n) is 6.14. The molecule has 38 heavy (non-hydrogen) atoms. The van der Waals surface area contributed by atoms with Gasteiger partial charge in [0.15, 0.2) is 0 Å². The van der Waals surface area contributed by atoms with Crippen molar-refractivity contribution in [1.82, 2.24) is 10.2 Å². The largest absolute Gasteiger partial charge is 0.352 e. The van der Waals surface area contributed by atoms with Gasteiger partial charge >= 0.3 is 0 Å². The summed E-state index contributed by atoms with van der Waals surface area (Å²) in [6.45, 7) is 8.71. The lowest BCUT2D eigenvalue weighted by Gasteiger charge is -2.32. The van der Waals surface area contributed by atoms with Crippen molar-refractivity contribution in [3.05, 3.63) is 94.0 Å². The first-order chi connectivity index (χ1) is 17.9. The lowest BCUT2D eigenvalue weighted by molar-refractivity contribution is -0.139. The van der Waals surface area contributed by atoms with Crippen molar-refractivity contribution in [2.45, 2.75) is 58.1 Å². The summed E-state index contributed by atoms with van der Waals surface area (Å²) < 4.78 is 29.8. The van der Waals surface area contributed by atoms with Crippen LogP contribution in [-0.4, -0.2) is 43.8 Å². The molecule has 0 aliphatic carbocycles. The Kier molecular flexibility index (Phi) is 9.73. The van der Waals surface area contributed by atoms with E-state index in [1.54, 1.807) is 56.3 Å². The van der Waals surface area contributed by atoms with Crippen LogP contribution < -0.4 is 9.62 Å². The number of hydrogen-bond donors (Lipinski definition) is 1. The molecule has 3 aromatic rings. The summed E-state index contributed by atoms with van der Waals surface area (Å²) in [5.41, 5.74) is 2.85. The zero-order valence-electron chi connectivity index (χ0n) is 22.3. The fraction of sp³-hybridized carbons (Fsp3) is 0.310. The van der Waals surface area contributed by atoms with Crippen LogP contribution in [0.5, 0.6) is 0 Å². The Morgan fingerprint density at radius 3 is 2.08 bits per heavy atom. The summed E-state index contributed by atoms with van der Waals surface area (Å²) >= 11 is 3.42.